The first-order chi connectivity index (χ1) is 10.5. The number of amides is 2. The topological polar surface area (TPSA) is 105 Å². The highest BCUT2D eigenvalue weighted by Crippen LogP contribution is 2.37. The fourth-order valence-electron chi connectivity index (χ4n) is 2.37. The molecule has 10 heteroatoms. The van der Waals surface area contributed by atoms with Crippen LogP contribution in [0, 0.1) is 23.0 Å². The molecule has 0 unspecified atom stereocenters. The van der Waals surface area contributed by atoms with Crippen molar-refractivity contribution in [1.82, 2.24) is 9.88 Å². The van der Waals surface area contributed by atoms with Gasteiger partial charge in [-0.05, 0) is 6.92 Å². The molecular weight excluding hydrogens is 328 g/mol. The third-order valence-electron chi connectivity index (χ3n) is 3.66. The molecule has 1 aliphatic carbocycles. The normalized spacial score (nSPS) is 26.8. The number of anilines is 1. The predicted molar refractivity (Wildman–Crippen MR) is 82.3 cm³/mol. The summed E-state index contributed by atoms with van der Waals surface area (Å²) in [7, 11) is 0. The Morgan fingerprint density at radius 3 is 2.91 bits per heavy atom. The van der Waals surface area contributed by atoms with Crippen molar-refractivity contribution >= 4 is 40.0 Å². The van der Waals surface area contributed by atoms with E-state index < -0.39 is 22.9 Å². The molecule has 1 N–H and O–H groups in total. The minimum absolute atomic E-state index is 0.271. The second-order valence-corrected chi connectivity index (χ2v) is 7.52. The van der Waals surface area contributed by atoms with Crippen molar-refractivity contribution in [2.75, 3.05) is 16.9 Å². The van der Waals surface area contributed by atoms with Crippen LogP contribution in [0.5, 0.6) is 0 Å². The Bertz CT molecular complexity index is 634. The highest BCUT2D eigenvalue weighted by molar-refractivity contribution is 7.99. The Hall–Kier alpha value is -1.68. The molecule has 0 bridgehead atoms. The van der Waals surface area contributed by atoms with Crippen LogP contribution < -0.4 is 5.32 Å². The zero-order valence-corrected chi connectivity index (χ0v) is 13.4. The molecule has 118 valence electrons. The molecule has 2 heterocycles. The molecule has 2 aliphatic rings. The monoisotopic (exact) mass is 342 g/mol. The minimum Gasteiger partial charge on any atom is -0.320 e. The summed E-state index contributed by atoms with van der Waals surface area (Å²) in [4.78, 5) is 41.4. The van der Waals surface area contributed by atoms with E-state index in [1.807, 2.05) is 6.92 Å². The Labute approximate surface area is 134 Å². The van der Waals surface area contributed by atoms with Crippen LogP contribution in [0.4, 0.5) is 5.13 Å². The fourth-order valence-corrected chi connectivity index (χ4v) is 4.20. The molecule has 0 spiro atoms. The predicted octanol–water partition coefficient (Wildman–Crippen LogP) is 0.957. The zero-order valence-electron chi connectivity index (χ0n) is 11.7. The molecule has 1 aromatic heterocycles. The summed E-state index contributed by atoms with van der Waals surface area (Å²) < 4.78 is 0. The molecule has 1 aliphatic heterocycles. The molecule has 2 fully saturated rings. The van der Waals surface area contributed by atoms with E-state index in [1.165, 1.54) is 28.0 Å². The van der Waals surface area contributed by atoms with Crippen molar-refractivity contribution < 1.29 is 14.5 Å². The number of carbonyl (C=O) groups excluding carboxylic acids is 2. The van der Waals surface area contributed by atoms with Crippen LogP contribution in [0.25, 0.3) is 0 Å². The highest BCUT2D eigenvalue weighted by atomic mass is 32.2. The second-order valence-electron chi connectivity index (χ2n) is 5.28. The summed E-state index contributed by atoms with van der Waals surface area (Å²) in [5, 5.41) is 13.9. The van der Waals surface area contributed by atoms with Crippen LogP contribution in [0.2, 0.25) is 0 Å². The van der Waals surface area contributed by atoms with Crippen molar-refractivity contribution in [3.63, 3.8) is 0 Å². The fraction of sp³-hybridized carbons (Fsp3) is 0.583. The van der Waals surface area contributed by atoms with Crippen LogP contribution >= 0.6 is 23.1 Å². The van der Waals surface area contributed by atoms with Crippen molar-refractivity contribution in [3.8, 4) is 0 Å². The number of nitrogens with zero attached hydrogens (tertiary/aromatic N) is 3. The van der Waals surface area contributed by atoms with Crippen molar-refractivity contribution in [1.29, 1.82) is 0 Å². The van der Waals surface area contributed by atoms with Gasteiger partial charge in [-0.1, -0.05) is 0 Å². The molecule has 3 atom stereocenters. The molecule has 2 amide bonds. The second kappa shape index (κ2) is 5.84. The Balaban J connectivity index is 1.64. The largest absolute Gasteiger partial charge is 0.320 e. The van der Waals surface area contributed by atoms with Gasteiger partial charge in [-0.3, -0.25) is 19.7 Å². The summed E-state index contributed by atoms with van der Waals surface area (Å²) in [5.41, 5.74) is 0. The molecule has 8 nitrogen and oxygen atoms in total. The molecule has 22 heavy (non-hydrogen) atoms. The standard InChI is InChI=1S/C12H14N4O4S2/c1-6-3-13-12(22-6)14-10(17)9-4-21-5-15(9)11(18)7-2-8(7)16(19)20/h3,7-9H,2,4-5H2,1H3,(H,13,14,17)/t7-,8+,9+/m1/s1. The first-order valence-corrected chi connectivity index (χ1v) is 8.69. The van der Waals surface area contributed by atoms with E-state index in [9.17, 15) is 19.7 Å². The number of aromatic nitrogens is 1. The smallest absolute Gasteiger partial charge is 0.249 e. The molecule has 0 aromatic carbocycles. The van der Waals surface area contributed by atoms with Gasteiger partial charge in [0.1, 0.15) is 12.0 Å². The number of aryl methyl sites for hydroxylation is 1. The van der Waals surface area contributed by atoms with E-state index in [0.717, 1.165) is 4.88 Å². The SMILES string of the molecule is Cc1cnc(NC(=O)[C@@H]2CSCN2C(=O)[C@@H]2C[C@@H]2[N+](=O)[O-])s1. The van der Waals surface area contributed by atoms with Gasteiger partial charge in [0.15, 0.2) is 5.13 Å². The van der Waals surface area contributed by atoms with E-state index in [0.29, 0.717) is 16.8 Å². The summed E-state index contributed by atoms with van der Waals surface area (Å²) >= 11 is 2.84. The van der Waals surface area contributed by atoms with E-state index in [4.69, 9.17) is 0 Å². The number of nitrogens with one attached hydrogen (secondary N) is 1. The lowest BCUT2D eigenvalue weighted by Gasteiger charge is -2.22. The van der Waals surface area contributed by atoms with Crippen LogP contribution in [0.3, 0.4) is 0 Å². The molecule has 1 aromatic rings. The van der Waals surface area contributed by atoms with Crippen molar-refractivity contribution in [2.24, 2.45) is 5.92 Å². The van der Waals surface area contributed by atoms with Crippen LogP contribution in [0.1, 0.15) is 11.3 Å². The van der Waals surface area contributed by atoms with Gasteiger partial charge in [-0.15, -0.1) is 23.1 Å². The number of carbonyl (C=O) groups is 2. The highest BCUT2D eigenvalue weighted by Gasteiger charge is 2.56. The van der Waals surface area contributed by atoms with Crippen LogP contribution in [0.15, 0.2) is 6.20 Å². The maximum Gasteiger partial charge on any atom is 0.249 e. The molecule has 0 radical (unpaired) electrons. The Kier molecular flexibility index (Phi) is 4.04. The summed E-state index contributed by atoms with van der Waals surface area (Å²) in [5.74, 6) is -0.258. The first-order valence-electron chi connectivity index (χ1n) is 6.72. The lowest BCUT2D eigenvalue weighted by atomic mass is 10.2. The van der Waals surface area contributed by atoms with Gasteiger partial charge in [0, 0.05) is 28.2 Å². The summed E-state index contributed by atoms with van der Waals surface area (Å²) in [6, 6.07) is -1.38. The lowest BCUT2D eigenvalue weighted by Crippen LogP contribution is -2.45. The average molecular weight is 342 g/mol. The number of hydrogen-bond donors (Lipinski definition) is 1. The molecular formula is C12H14N4O4S2. The van der Waals surface area contributed by atoms with E-state index in [2.05, 4.69) is 10.3 Å². The first kappa shape index (κ1) is 15.2. The zero-order chi connectivity index (χ0) is 15.9. The Morgan fingerprint density at radius 1 is 1.55 bits per heavy atom. The maximum atomic E-state index is 12.3. The average Bonchev–Trinajstić information content (AvgIpc) is 2.94. The number of hydrogen-bond acceptors (Lipinski definition) is 7. The lowest BCUT2D eigenvalue weighted by molar-refractivity contribution is -0.497. The van der Waals surface area contributed by atoms with Gasteiger partial charge in [0.2, 0.25) is 17.9 Å². The number of thiazole rings is 1. The third-order valence-corrected chi connectivity index (χ3v) is 5.50. The van der Waals surface area contributed by atoms with E-state index in [1.54, 1.807) is 6.20 Å². The Morgan fingerprint density at radius 2 is 2.32 bits per heavy atom. The van der Waals surface area contributed by atoms with Gasteiger partial charge in [0.05, 0.1) is 5.88 Å². The molecule has 1 saturated heterocycles. The molecule has 1 saturated carbocycles. The third kappa shape index (κ3) is 2.93. The summed E-state index contributed by atoms with van der Waals surface area (Å²) in [6.45, 7) is 1.89. The van der Waals surface area contributed by atoms with Crippen LogP contribution in [-0.4, -0.2) is 50.3 Å². The van der Waals surface area contributed by atoms with Gasteiger partial charge >= 0.3 is 0 Å². The maximum absolute atomic E-state index is 12.3. The number of thioether (sulfide) groups is 1. The quantitative estimate of drug-likeness (QED) is 0.645. The van der Waals surface area contributed by atoms with Crippen molar-refractivity contribution in [2.45, 2.75) is 25.4 Å². The van der Waals surface area contributed by atoms with Crippen LogP contribution in [-0.2, 0) is 9.59 Å². The minimum atomic E-state index is -0.788. The van der Waals surface area contributed by atoms with E-state index in [-0.39, 0.29) is 18.2 Å². The van der Waals surface area contributed by atoms with Gasteiger partial charge < -0.3 is 10.2 Å². The summed E-state index contributed by atoms with van der Waals surface area (Å²) in [6.07, 6.45) is 1.94. The van der Waals surface area contributed by atoms with Gasteiger partial charge in [-0.2, -0.15) is 0 Å². The van der Waals surface area contributed by atoms with Crippen molar-refractivity contribution in [3.05, 3.63) is 21.2 Å². The van der Waals surface area contributed by atoms with Gasteiger partial charge in [0.25, 0.3) is 0 Å². The van der Waals surface area contributed by atoms with E-state index >= 15 is 0 Å². The number of rotatable bonds is 4. The number of nitro groups is 1. The molecule has 3 rings (SSSR count). The van der Waals surface area contributed by atoms with Gasteiger partial charge in [-0.25, -0.2) is 4.98 Å².